The predicted molar refractivity (Wildman–Crippen MR) is 52.4 cm³/mol. The van der Waals surface area contributed by atoms with Crippen LogP contribution in [0.5, 0.6) is 0 Å². The Morgan fingerprint density at radius 1 is 1.50 bits per heavy atom. The SMILES string of the molecule is CCCCNNC(=O)c1cnccn1. The molecule has 0 aromatic carbocycles. The van der Waals surface area contributed by atoms with Crippen LogP contribution >= 0.6 is 0 Å². The van der Waals surface area contributed by atoms with Crippen molar-refractivity contribution in [2.24, 2.45) is 0 Å². The minimum atomic E-state index is -0.255. The van der Waals surface area contributed by atoms with Crippen LogP contribution in [0.15, 0.2) is 18.6 Å². The van der Waals surface area contributed by atoms with E-state index in [0.29, 0.717) is 5.69 Å². The van der Waals surface area contributed by atoms with Crippen LogP contribution < -0.4 is 10.9 Å². The Morgan fingerprint density at radius 3 is 3.00 bits per heavy atom. The molecule has 0 aliphatic carbocycles. The number of unbranched alkanes of at least 4 members (excludes halogenated alkanes) is 1. The minimum Gasteiger partial charge on any atom is -0.286 e. The molecule has 0 saturated carbocycles. The summed E-state index contributed by atoms with van der Waals surface area (Å²) in [5, 5.41) is 0. The molecule has 1 aromatic rings. The third kappa shape index (κ3) is 3.49. The largest absolute Gasteiger partial charge is 0.286 e. The van der Waals surface area contributed by atoms with Gasteiger partial charge < -0.3 is 0 Å². The Bertz CT molecular complexity index is 275. The van der Waals surface area contributed by atoms with Crippen LogP contribution in [-0.4, -0.2) is 22.4 Å². The lowest BCUT2D eigenvalue weighted by Gasteiger charge is -2.04. The first-order valence-corrected chi connectivity index (χ1v) is 4.63. The van der Waals surface area contributed by atoms with Crippen LogP contribution in [-0.2, 0) is 0 Å². The van der Waals surface area contributed by atoms with Gasteiger partial charge in [-0.25, -0.2) is 10.4 Å². The van der Waals surface area contributed by atoms with Gasteiger partial charge in [0.2, 0.25) is 0 Å². The van der Waals surface area contributed by atoms with Crippen molar-refractivity contribution in [3.8, 4) is 0 Å². The van der Waals surface area contributed by atoms with E-state index >= 15 is 0 Å². The molecule has 0 aliphatic heterocycles. The summed E-state index contributed by atoms with van der Waals surface area (Å²) in [5.41, 5.74) is 5.68. The Kier molecular flexibility index (Phi) is 4.57. The Hall–Kier alpha value is -1.49. The summed E-state index contributed by atoms with van der Waals surface area (Å²) in [5.74, 6) is -0.255. The monoisotopic (exact) mass is 194 g/mol. The van der Waals surface area contributed by atoms with E-state index in [-0.39, 0.29) is 5.91 Å². The molecule has 0 fully saturated rings. The van der Waals surface area contributed by atoms with Gasteiger partial charge in [0.25, 0.3) is 5.91 Å². The maximum Gasteiger partial charge on any atom is 0.285 e. The third-order valence-electron chi connectivity index (χ3n) is 1.65. The molecule has 0 aliphatic rings. The number of rotatable bonds is 5. The fraction of sp³-hybridized carbons (Fsp3) is 0.444. The highest BCUT2D eigenvalue weighted by molar-refractivity contribution is 5.91. The van der Waals surface area contributed by atoms with E-state index in [2.05, 4.69) is 27.7 Å². The maximum atomic E-state index is 11.3. The highest BCUT2D eigenvalue weighted by atomic mass is 16.2. The Balaban J connectivity index is 2.29. The van der Waals surface area contributed by atoms with Crippen molar-refractivity contribution in [2.75, 3.05) is 6.54 Å². The molecule has 0 spiro atoms. The second kappa shape index (κ2) is 6.04. The first-order chi connectivity index (χ1) is 6.84. The van der Waals surface area contributed by atoms with Crippen LogP contribution in [0.4, 0.5) is 0 Å². The second-order valence-electron chi connectivity index (χ2n) is 2.83. The summed E-state index contributed by atoms with van der Waals surface area (Å²) >= 11 is 0. The van der Waals surface area contributed by atoms with Crippen molar-refractivity contribution in [2.45, 2.75) is 19.8 Å². The molecule has 76 valence electrons. The van der Waals surface area contributed by atoms with E-state index in [1.807, 2.05) is 0 Å². The number of hydrazine groups is 1. The molecule has 2 N–H and O–H groups in total. The van der Waals surface area contributed by atoms with Crippen molar-refractivity contribution < 1.29 is 4.79 Å². The van der Waals surface area contributed by atoms with Gasteiger partial charge in [-0.2, -0.15) is 0 Å². The number of hydrogen-bond donors (Lipinski definition) is 2. The summed E-state index contributed by atoms with van der Waals surface area (Å²) in [6.45, 7) is 2.86. The quantitative estimate of drug-likeness (QED) is 0.529. The van der Waals surface area contributed by atoms with Gasteiger partial charge in [-0.1, -0.05) is 13.3 Å². The number of carbonyl (C=O) groups is 1. The van der Waals surface area contributed by atoms with Crippen molar-refractivity contribution in [3.63, 3.8) is 0 Å². The van der Waals surface area contributed by atoms with Crippen LogP contribution in [0.3, 0.4) is 0 Å². The maximum absolute atomic E-state index is 11.3. The Labute approximate surface area is 82.9 Å². The first-order valence-electron chi connectivity index (χ1n) is 4.63. The summed E-state index contributed by atoms with van der Waals surface area (Å²) < 4.78 is 0. The molecular weight excluding hydrogens is 180 g/mol. The molecule has 14 heavy (non-hydrogen) atoms. The zero-order valence-corrected chi connectivity index (χ0v) is 8.16. The molecule has 1 rings (SSSR count). The average Bonchev–Trinajstić information content (AvgIpc) is 2.25. The summed E-state index contributed by atoms with van der Waals surface area (Å²) in [6, 6.07) is 0. The molecule has 0 atom stereocenters. The molecule has 1 amide bonds. The molecule has 0 unspecified atom stereocenters. The van der Waals surface area contributed by atoms with Gasteiger partial charge in [0.05, 0.1) is 6.20 Å². The van der Waals surface area contributed by atoms with Crippen molar-refractivity contribution in [1.82, 2.24) is 20.8 Å². The number of aromatic nitrogens is 2. The fourth-order valence-corrected chi connectivity index (χ4v) is 0.888. The van der Waals surface area contributed by atoms with E-state index in [1.165, 1.54) is 18.6 Å². The average molecular weight is 194 g/mol. The van der Waals surface area contributed by atoms with E-state index < -0.39 is 0 Å². The number of nitrogens with zero attached hydrogens (tertiary/aromatic N) is 2. The van der Waals surface area contributed by atoms with E-state index in [4.69, 9.17) is 0 Å². The molecule has 1 heterocycles. The fourth-order valence-electron chi connectivity index (χ4n) is 0.888. The number of carbonyl (C=O) groups excluding carboxylic acids is 1. The number of hydrogen-bond acceptors (Lipinski definition) is 4. The van der Waals surface area contributed by atoms with E-state index in [9.17, 15) is 4.79 Å². The molecule has 0 saturated heterocycles. The van der Waals surface area contributed by atoms with Gasteiger partial charge in [0, 0.05) is 18.9 Å². The molecule has 5 nitrogen and oxygen atoms in total. The highest BCUT2D eigenvalue weighted by Gasteiger charge is 2.04. The smallest absolute Gasteiger partial charge is 0.285 e. The number of nitrogens with one attached hydrogen (secondary N) is 2. The minimum absolute atomic E-state index is 0.255. The normalized spacial score (nSPS) is 9.79. The molecule has 1 aromatic heterocycles. The summed E-state index contributed by atoms with van der Waals surface area (Å²) in [4.78, 5) is 19.0. The lowest BCUT2D eigenvalue weighted by molar-refractivity contribution is 0.0927. The zero-order valence-electron chi connectivity index (χ0n) is 8.16. The number of amides is 1. The lowest BCUT2D eigenvalue weighted by atomic mass is 10.3. The molecular formula is C9H14N4O. The third-order valence-corrected chi connectivity index (χ3v) is 1.65. The van der Waals surface area contributed by atoms with Crippen LogP contribution in [0, 0.1) is 0 Å². The van der Waals surface area contributed by atoms with Crippen LogP contribution in [0.1, 0.15) is 30.3 Å². The molecule has 5 heteroatoms. The van der Waals surface area contributed by atoms with Crippen molar-refractivity contribution in [3.05, 3.63) is 24.3 Å². The van der Waals surface area contributed by atoms with Gasteiger partial charge >= 0.3 is 0 Å². The van der Waals surface area contributed by atoms with Gasteiger partial charge in [-0.3, -0.25) is 15.2 Å². The van der Waals surface area contributed by atoms with Gasteiger partial charge in [0.1, 0.15) is 5.69 Å². The second-order valence-corrected chi connectivity index (χ2v) is 2.83. The topological polar surface area (TPSA) is 66.9 Å². The molecule has 0 radical (unpaired) electrons. The summed E-state index contributed by atoms with van der Waals surface area (Å²) in [6.07, 6.45) is 6.56. The van der Waals surface area contributed by atoms with E-state index in [0.717, 1.165) is 19.4 Å². The Morgan fingerprint density at radius 2 is 2.36 bits per heavy atom. The van der Waals surface area contributed by atoms with Gasteiger partial charge in [-0.15, -0.1) is 0 Å². The molecule has 0 bridgehead atoms. The predicted octanol–water partition coefficient (Wildman–Crippen LogP) is 0.511. The lowest BCUT2D eigenvalue weighted by Crippen LogP contribution is -2.38. The van der Waals surface area contributed by atoms with Crippen LogP contribution in [0.25, 0.3) is 0 Å². The van der Waals surface area contributed by atoms with Gasteiger partial charge in [0.15, 0.2) is 0 Å². The van der Waals surface area contributed by atoms with Crippen molar-refractivity contribution in [1.29, 1.82) is 0 Å². The standard InChI is InChI=1S/C9H14N4O/c1-2-3-4-12-13-9(14)8-7-10-5-6-11-8/h5-7,12H,2-4H2,1H3,(H,13,14). The van der Waals surface area contributed by atoms with Crippen molar-refractivity contribution >= 4 is 5.91 Å². The van der Waals surface area contributed by atoms with Gasteiger partial charge in [-0.05, 0) is 6.42 Å². The van der Waals surface area contributed by atoms with Crippen LogP contribution in [0.2, 0.25) is 0 Å². The first kappa shape index (κ1) is 10.6. The zero-order chi connectivity index (χ0) is 10.2. The highest BCUT2D eigenvalue weighted by Crippen LogP contribution is 1.88. The van der Waals surface area contributed by atoms with E-state index in [1.54, 1.807) is 0 Å². The summed E-state index contributed by atoms with van der Waals surface area (Å²) in [7, 11) is 0.